The molecule has 82 valence electrons. The molecule has 0 radical (unpaired) electrons. The number of carbonyl (C=O) groups excluding carboxylic acids is 1. The molecule has 0 aromatic carbocycles. The predicted molar refractivity (Wildman–Crippen MR) is 46.9 cm³/mol. The molecular formula is C9H15F2NO2. The van der Waals surface area contributed by atoms with Gasteiger partial charge in [0.25, 0.3) is 5.92 Å². The Morgan fingerprint density at radius 2 is 2.29 bits per heavy atom. The van der Waals surface area contributed by atoms with Crippen molar-refractivity contribution in [3.63, 3.8) is 0 Å². The first-order chi connectivity index (χ1) is 6.49. The lowest BCUT2D eigenvalue weighted by Crippen LogP contribution is -2.52. The Morgan fingerprint density at radius 3 is 2.86 bits per heavy atom. The molecule has 2 unspecified atom stereocenters. The largest absolute Gasteiger partial charge is 0.466 e. The van der Waals surface area contributed by atoms with Crippen LogP contribution in [0.15, 0.2) is 0 Å². The topological polar surface area (TPSA) is 52.3 Å². The summed E-state index contributed by atoms with van der Waals surface area (Å²) in [4.78, 5) is 11.3. The summed E-state index contributed by atoms with van der Waals surface area (Å²) >= 11 is 0. The Morgan fingerprint density at radius 1 is 1.64 bits per heavy atom. The van der Waals surface area contributed by atoms with Crippen LogP contribution in [-0.4, -0.2) is 24.5 Å². The van der Waals surface area contributed by atoms with E-state index in [2.05, 4.69) is 0 Å². The molecule has 1 aliphatic carbocycles. The number of esters is 1. The number of nitrogens with two attached hydrogens (primary N) is 1. The van der Waals surface area contributed by atoms with Crippen LogP contribution in [0.2, 0.25) is 0 Å². The van der Waals surface area contributed by atoms with Crippen molar-refractivity contribution in [1.29, 1.82) is 0 Å². The van der Waals surface area contributed by atoms with Crippen LogP contribution < -0.4 is 5.73 Å². The van der Waals surface area contributed by atoms with E-state index in [1.165, 1.54) is 0 Å². The molecule has 0 aliphatic heterocycles. The first-order valence-corrected chi connectivity index (χ1v) is 4.79. The summed E-state index contributed by atoms with van der Waals surface area (Å²) in [6.07, 6.45) is 0.490. The molecule has 1 rings (SSSR count). The fourth-order valence-electron chi connectivity index (χ4n) is 1.71. The number of halogens is 2. The maximum Gasteiger partial charge on any atom is 0.310 e. The third-order valence-corrected chi connectivity index (χ3v) is 2.54. The molecule has 2 atom stereocenters. The minimum atomic E-state index is -2.93. The van der Waals surface area contributed by atoms with Gasteiger partial charge in [-0.3, -0.25) is 4.79 Å². The van der Waals surface area contributed by atoms with Gasteiger partial charge < -0.3 is 10.5 Å². The summed E-state index contributed by atoms with van der Waals surface area (Å²) in [6.45, 7) is 1.85. The van der Waals surface area contributed by atoms with E-state index < -0.39 is 23.9 Å². The zero-order chi connectivity index (χ0) is 10.8. The monoisotopic (exact) mass is 207 g/mol. The van der Waals surface area contributed by atoms with Gasteiger partial charge in [0.05, 0.1) is 18.6 Å². The fraction of sp³-hybridized carbons (Fsp3) is 0.889. The number of rotatable bonds is 2. The van der Waals surface area contributed by atoms with Crippen molar-refractivity contribution in [1.82, 2.24) is 0 Å². The molecule has 1 fully saturated rings. The van der Waals surface area contributed by atoms with Crippen molar-refractivity contribution in [3.8, 4) is 0 Å². The molecule has 3 nitrogen and oxygen atoms in total. The third-order valence-electron chi connectivity index (χ3n) is 2.54. The van der Waals surface area contributed by atoms with E-state index in [-0.39, 0.29) is 13.0 Å². The molecule has 0 aromatic rings. The molecule has 1 aliphatic rings. The fourth-order valence-corrected chi connectivity index (χ4v) is 1.71. The van der Waals surface area contributed by atoms with Crippen LogP contribution in [0.1, 0.15) is 26.2 Å². The van der Waals surface area contributed by atoms with Gasteiger partial charge >= 0.3 is 5.97 Å². The van der Waals surface area contributed by atoms with Crippen molar-refractivity contribution in [2.45, 2.75) is 38.2 Å². The minimum absolute atomic E-state index is 0.202. The molecule has 0 saturated heterocycles. The van der Waals surface area contributed by atoms with Crippen LogP contribution in [0.4, 0.5) is 8.78 Å². The van der Waals surface area contributed by atoms with Gasteiger partial charge in [0.15, 0.2) is 0 Å². The first-order valence-electron chi connectivity index (χ1n) is 4.79. The van der Waals surface area contributed by atoms with Crippen LogP contribution in [-0.2, 0) is 9.53 Å². The van der Waals surface area contributed by atoms with Crippen molar-refractivity contribution < 1.29 is 18.3 Å². The van der Waals surface area contributed by atoms with Crippen molar-refractivity contribution in [2.24, 2.45) is 11.7 Å². The Balaban J connectivity index is 2.65. The molecule has 0 bridgehead atoms. The minimum Gasteiger partial charge on any atom is -0.466 e. The van der Waals surface area contributed by atoms with Gasteiger partial charge in [-0.2, -0.15) is 0 Å². The smallest absolute Gasteiger partial charge is 0.310 e. The van der Waals surface area contributed by atoms with Crippen LogP contribution in [0.25, 0.3) is 0 Å². The van der Waals surface area contributed by atoms with Crippen LogP contribution >= 0.6 is 0 Å². The molecule has 0 amide bonds. The highest BCUT2D eigenvalue weighted by Crippen LogP contribution is 2.36. The zero-order valence-electron chi connectivity index (χ0n) is 8.13. The first kappa shape index (κ1) is 11.4. The molecule has 0 aromatic heterocycles. The van der Waals surface area contributed by atoms with E-state index in [0.29, 0.717) is 12.8 Å². The SMILES string of the molecule is CCOC(=O)C1CCCC(F)(F)C1N. The van der Waals surface area contributed by atoms with Crippen molar-refractivity contribution >= 4 is 5.97 Å². The molecule has 2 N–H and O–H groups in total. The van der Waals surface area contributed by atoms with E-state index in [1.54, 1.807) is 6.92 Å². The second-order valence-electron chi connectivity index (χ2n) is 3.54. The van der Waals surface area contributed by atoms with E-state index >= 15 is 0 Å². The normalized spacial score (nSPS) is 31.1. The van der Waals surface area contributed by atoms with Gasteiger partial charge in [-0.25, -0.2) is 8.78 Å². The van der Waals surface area contributed by atoms with Crippen LogP contribution in [0, 0.1) is 5.92 Å². The maximum absolute atomic E-state index is 13.1. The quantitative estimate of drug-likeness (QED) is 0.694. The lowest BCUT2D eigenvalue weighted by Gasteiger charge is -2.33. The van der Waals surface area contributed by atoms with Gasteiger partial charge in [-0.15, -0.1) is 0 Å². The molecule has 14 heavy (non-hydrogen) atoms. The summed E-state index contributed by atoms with van der Waals surface area (Å²) in [6, 6.07) is -1.39. The second kappa shape index (κ2) is 4.21. The van der Waals surface area contributed by atoms with Gasteiger partial charge in [0.1, 0.15) is 0 Å². The molecule has 0 spiro atoms. The van der Waals surface area contributed by atoms with Gasteiger partial charge in [-0.1, -0.05) is 0 Å². The third kappa shape index (κ3) is 2.20. The number of carbonyl (C=O) groups is 1. The summed E-state index contributed by atoms with van der Waals surface area (Å²) in [5.41, 5.74) is 5.34. The van der Waals surface area contributed by atoms with Crippen molar-refractivity contribution in [2.75, 3.05) is 6.61 Å². The Bertz CT molecular complexity index is 221. The van der Waals surface area contributed by atoms with Crippen LogP contribution in [0.3, 0.4) is 0 Å². The van der Waals surface area contributed by atoms with E-state index in [0.717, 1.165) is 0 Å². The number of hydrogen-bond donors (Lipinski definition) is 1. The maximum atomic E-state index is 13.1. The summed E-state index contributed by atoms with van der Waals surface area (Å²) in [5.74, 6) is -4.38. The summed E-state index contributed by atoms with van der Waals surface area (Å²) in [5, 5.41) is 0. The summed E-state index contributed by atoms with van der Waals surface area (Å²) in [7, 11) is 0. The average Bonchev–Trinajstić information content (AvgIpc) is 2.10. The Kier molecular flexibility index (Phi) is 3.42. The number of hydrogen-bond acceptors (Lipinski definition) is 3. The molecule has 0 heterocycles. The predicted octanol–water partition coefficient (Wildman–Crippen LogP) is 1.31. The summed E-state index contributed by atoms with van der Waals surface area (Å²) < 4.78 is 30.9. The number of ether oxygens (including phenoxy) is 1. The highest BCUT2D eigenvalue weighted by Gasteiger charge is 2.47. The molecular weight excluding hydrogens is 192 g/mol. The lowest BCUT2D eigenvalue weighted by molar-refractivity contribution is -0.157. The van der Waals surface area contributed by atoms with E-state index in [1.807, 2.05) is 0 Å². The van der Waals surface area contributed by atoms with E-state index in [9.17, 15) is 13.6 Å². The lowest BCUT2D eigenvalue weighted by atomic mass is 9.82. The molecule has 5 heteroatoms. The van der Waals surface area contributed by atoms with Gasteiger partial charge in [0.2, 0.25) is 0 Å². The highest BCUT2D eigenvalue weighted by atomic mass is 19.3. The van der Waals surface area contributed by atoms with E-state index in [4.69, 9.17) is 10.5 Å². The zero-order valence-corrected chi connectivity index (χ0v) is 8.13. The highest BCUT2D eigenvalue weighted by molar-refractivity contribution is 5.73. The molecule has 1 saturated carbocycles. The van der Waals surface area contributed by atoms with Gasteiger partial charge in [-0.05, 0) is 19.8 Å². The Hall–Kier alpha value is -0.710. The number of alkyl halides is 2. The van der Waals surface area contributed by atoms with Crippen molar-refractivity contribution in [3.05, 3.63) is 0 Å². The standard InChI is InChI=1S/C9H15F2NO2/c1-2-14-8(13)6-4-3-5-9(10,11)7(6)12/h6-7H,2-5,12H2,1H3. The van der Waals surface area contributed by atoms with Crippen LogP contribution in [0.5, 0.6) is 0 Å². The average molecular weight is 207 g/mol. The Labute approximate surface area is 81.6 Å². The second-order valence-corrected chi connectivity index (χ2v) is 3.54. The van der Waals surface area contributed by atoms with Gasteiger partial charge in [0, 0.05) is 6.42 Å².